The molecular weight excluding hydrogens is 235 g/mol. The van der Waals surface area contributed by atoms with E-state index in [9.17, 15) is 9.18 Å². The van der Waals surface area contributed by atoms with Gasteiger partial charge in [-0.05, 0) is 32.4 Å². The number of anilines is 1. The Labute approximate surface area is 106 Å². The van der Waals surface area contributed by atoms with Gasteiger partial charge in [-0.1, -0.05) is 0 Å². The highest BCUT2D eigenvalue weighted by molar-refractivity contribution is 5.91. The molecule has 0 aliphatic heterocycles. The van der Waals surface area contributed by atoms with Crippen molar-refractivity contribution in [1.29, 1.82) is 0 Å². The van der Waals surface area contributed by atoms with Crippen molar-refractivity contribution in [1.82, 2.24) is 0 Å². The Morgan fingerprint density at radius 1 is 1.50 bits per heavy atom. The van der Waals surface area contributed by atoms with E-state index >= 15 is 0 Å². The lowest BCUT2D eigenvalue weighted by molar-refractivity contribution is -0.116. The van der Waals surface area contributed by atoms with E-state index in [1.54, 1.807) is 0 Å². The van der Waals surface area contributed by atoms with Crippen LogP contribution in [0.25, 0.3) is 0 Å². The zero-order chi connectivity index (χ0) is 13.8. The lowest BCUT2D eigenvalue weighted by Crippen LogP contribution is -2.33. The van der Waals surface area contributed by atoms with Crippen LogP contribution in [0, 0.1) is 5.82 Å². The standard InChI is InChI=1S/C13H19FN2O2/c1-13(2,15)7-6-12(17)16-11-8-9(18-3)4-5-10(11)14/h4-5,8H,6-7,15H2,1-3H3,(H,16,17). The fourth-order valence-electron chi connectivity index (χ4n) is 1.38. The van der Waals surface area contributed by atoms with Crippen molar-refractivity contribution in [2.24, 2.45) is 5.73 Å². The molecule has 4 nitrogen and oxygen atoms in total. The van der Waals surface area contributed by atoms with Crippen molar-refractivity contribution in [3.63, 3.8) is 0 Å². The smallest absolute Gasteiger partial charge is 0.224 e. The summed E-state index contributed by atoms with van der Waals surface area (Å²) in [5.74, 6) is -0.261. The summed E-state index contributed by atoms with van der Waals surface area (Å²) in [4.78, 5) is 11.6. The van der Waals surface area contributed by atoms with Crippen LogP contribution in [0.4, 0.5) is 10.1 Å². The fourth-order valence-corrected chi connectivity index (χ4v) is 1.38. The summed E-state index contributed by atoms with van der Waals surface area (Å²) in [6.45, 7) is 3.68. The molecule has 0 aromatic heterocycles. The van der Waals surface area contributed by atoms with Gasteiger partial charge in [0.05, 0.1) is 12.8 Å². The number of nitrogens with two attached hydrogens (primary N) is 1. The number of rotatable bonds is 5. The average Bonchev–Trinajstić information content (AvgIpc) is 2.28. The SMILES string of the molecule is COc1ccc(F)c(NC(=O)CCC(C)(C)N)c1. The Hall–Kier alpha value is -1.62. The van der Waals surface area contributed by atoms with Crippen molar-refractivity contribution >= 4 is 11.6 Å². The second-order valence-corrected chi connectivity index (χ2v) is 4.88. The maximum absolute atomic E-state index is 13.4. The number of nitrogens with one attached hydrogen (secondary N) is 1. The third-order valence-corrected chi connectivity index (χ3v) is 2.44. The molecule has 1 aromatic carbocycles. The average molecular weight is 254 g/mol. The minimum absolute atomic E-state index is 0.120. The number of carbonyl (C=O) groups is 1. The van der Waals surface area contributed by atoms with E-state index in [1.807, 2.05) is 13.8 Å². The molecule has 0 aliphatic rings. The first-order valence-electron chi connectivity index (χ1n) is 5.74. The first-order valence-corrected chi connectivity index (χ1v) is 5.74. The summed E-state index contributed by atoms with van der Waals surface area (Å²) in [5.41, 5.74) is 5.49. The Kier molecular flexibility index (Phi) is 4.67. The van der Waals surface area contributed by atoms with Crippen LogP contribution in [0.2, 0.25) is 0 Å². The summed E-state index contributed by atoms with van der Waals surface area (Å²) in [5, 5.41) is 2.51. The Morgan fingerprint density at radius 2 is 2.17 bits per heavy atom. The van der Waals surface area contributed by atoms with Gasteiger partial charge >= 0.3 is 0 Å². The van der Waals surface area contributed by atoms with Crippen molar-refractivity contribution < 1.29 is 13.9 Å². The maximum atomic E-state index is 13.4. The van der Waals surface area contributed by atoms with E-state index < -0.39 is 11.4 Å². The van der Waals surface area contributed by atoms with E-state index in [1.165, 1.54) is 25.3 Å². The van der Waals surface area contributed by atoms with Gasteiger partial charge in [0.2, 0.25) is 5.91 Å². The van der Waals surface area contributed by atoms with E-state index in [-0.39, 0.29) is 18.0 Å². The number of methoxy groups -OCH3 is 1. The number of hydrogen-bond acceptors (Lipinski definition) is 3. The van der Waals surface area contributed by atoms with Crippen LogP contribution in [0.15, 0.2) is 18.2 Å². The summed E-state index contributed by atoms with van der Waals surface area (Å²) in [6, 6.07) is 4.19. The minimum Gasteiger partial charge on any atom is -0.497 e. The minimum atomic E-state index is -0.490. The van der Waals surface area contributed by atoms with Crippen LogP contribution in [0.5, 0.6) is 5.75 Å². The first-order chi connectivity index (χ1) is 8.31. The number of halogens is 1. The van der Waals surface area contributed by atoms with Gasteiger partial charge in [-0.2, -0.15) is 0 Å². The van der Waals surface area contributed by atoms with Gasteiger partial charge in [0, 0.05) is 18.0 Å². The zero-order valence-electron chi connectivity index (χ0n) is 10.9. The van der Waals surface area contributed by atoms with E-state index in [4.69, 9.17) is 10.5 Å². The largest absolute Gasteiger partial charge is 0.497 e. The Bertz CT molecular complexity index is 427. The Balaban J connectivity index is 2.64. The van der Waals surface area contributed by atoms with Gasteiger partial charge in [-0.15, -0.1) is 0 Å². The van der Waals surface area contributed by atoms with Crippen molar-refractivity contribution in [2.45, 2.75) is 32.2 Å². The fraction of sp³-hybridized carbons (Fsp3) is 0.462. The van der Waals surface area contributed by atoms with Gasteiger partial charge in [0.25, 0.3) is 0 Å². The topological polar surface area (TPSA) is 64.3 Å². The molecule has 0 saturated carbocycles. The van der Waals surface area contributed by atoms with Gasteiger partial charge in [-0.25, -0.2) is 4.39 Å². The summed E-state index contributed by atoms with van der Waals surface area (Å²) in [7, 11) is 1.48. The molecule has 18 heavy (non-hydrogen) atoms. The molecule has 1 rings (SSSR count). The molecule has 0 atom stereocenters. The number of carbonyl (C=O) groups excluding carboxylic acids is 1. The van der Waals surface area contributed by atoms with E-state index in [2.05, 4.69) is 5.32 Å². The molecule has 5 heteroatoms. The van der Waals surface area contributed by atoms with Crippen LogP contribution in [-0.2, 0) is 4.79 Å². The first kappa shape index (κ1) is 14.4. The molecule has 0 bridgehead atoms. The molecule has 1 aromatic rings. The maximum Gasteiger partial charge on any atom is 0.224 e. The van der Waals surface area contributed by atoms with Crippen molar-refractivity contribution in [3.8, 4) is 5.75 Å². The van der Waals surface area contributed by atoms with Gasteiger partial charge in [0.1, 0.15) is 11.6 Å². The highest BCUT2D eigenvalue weighted by atomic mass is 19.1. The molecule has 0 radical (unpaired) electrons. The molecule has 0 heterocycles. The molecule has 3 N–H and O–H groups in total. The lowest BCUT2D eigenvalue weighted by atomic mass is 10.00. The summed E-state index contributed by atoms with van der Waals surface area (Å²) in [6.07, 6.45) is 0.782. The molecule has 0 aliphatic carbocycles. The molecular formula is C13H19FN2O2. The normalized spacial score (nSPS) is 11.2. The number of hydrogen-bond donors (Lipinski definition) is 2. The molecule has 1 amide bonds. The van der Waals surface area contributed by atoms with Crippen molar-refractivity contribution in [2.75, 3.05) is 12.4 Å². The molecule has 0 spiro atoms. The highest BCUT2D eigenvalue weighted by Crippen LogP contribution is 2.21. The number of ether oxygens (including phenoxy) is 1. The van der Waals surface area contributed by atoms with Crippen LogP contribution in [0.1, 0.15) is 26.7 Å². The second-order valence-electron chi connectivity index (χ2n) is 4.88. The van der Waals surface area contributed by atoms with Crippen LogP contribution in [-0.4, -0.2) is 18.6 Å². The van der Waals surface area contributed by atoms with Crippen molar-refractivity contribution in [3.05, 3.63) is 24.0 Å². The number of benzene rings is 1. The third kappa shape index (κ3) is 4.71. The predicted octanol–water partition coefficient (Wildman–Crippen LogP) is 2.29. The van der Waals surface area contributed by atoms with E-state index in [0.717, 1.165) is 0 Å². The zero-order valence-corrected chi connectivity index (χ0v) is 10.9. The van der Waals surface area contributed by atoms with Crippen LogP contribution >= 0.6 is 0 Å². The molecule has 0 unspecified atom stereocenters. The third-order valence-electron chi connectivity index (χ3n) is 2.44. The summed E-state index contributed by atoms with van der Waals surface area (Å²) >= 11 is 0. The van der Waals surface area contributed by atoms with Crippen LogP contribution in [0.3, 0.4) is 0 Å². The lowest BCUT2D eigenvalue weighted by Gasteiger charge is -2.17. The molecule has 0 fully saturated rings. The quantitative estimate of drug-likeness (QED) is 0.847. The second kappa shape index (κ2) is 5.82. The highest BCUT2D eigenvalue weighted by Gasteiger charge is 2.14. The van der Waals surface area contributed by atoms with Gasteiger partial charge in [0.15, 0.2) is 0 Å². The predicted molar refractivity (Wildman–Crippen MR) is 69.1 cm³/mol. The molecule has 100 valence electrons. The Morgan fingerprint density at radius 3 is 2.72 bits per heavy atom. The molecule has 0 saturated heterocycles. The van der Waals surface area contributed by atoms with Crippen LogP contribution < -0.4 is 15.8 Å². The number of amides is 1. The summed E-state index contributed by atoms with van der Waals surface area (Å²) < 4.78 is 18.4. The monoisotopic (exact) mass is 254 g/mol. The van der Waals surface area contributed by atoms with E-state index in [0.29, 0.717) is 12.2 Å². The van der Waals surface area contributed by atoms with Gasteiger partial charge in [-0.3, -0.25) is 4.79 Å². The van der Waals surface area contributed by atoms with Gasteiger partial charge < -0.3 is 15.8 Å².